The van der Waals surface area contributed by atoms with Crippen molar-refractivity contribution in [3.05, 3.63) is 63.1 Å². The zero-order valence-corrected chi connectivity index (χ0v) is 12.9. The van der Waals surface area contributed by atoms with Crippen LogP contribution in [0.2, 0.25) is 0 Å². The van der Waals surface area contributed by atoms with Gasteiger partial charge in [-0.15, -0.1) is 0 Å². The Hall–Kier alpha value is -1.56. The van der Waals surface area contributed by atoms with Gasteiger partial charge >= 0.3 is 0 Å². The molecule has 21 heavy (non-hydrogen) atoms. The van der Waals surface area contributed by atoms with Crippen molar-refractivity contribution in [2.45, 2.75) is 19.9 Å². The lowest BCUT2D eigenvalue weighted by atomic mass is 10.0. The Balaban J connectivity index is 2.35. The van der Waals surface area contributed by atoms with Crippen LogP contribution in [0, 0.1) is 30.2 Å². The van der Waals surface area contributed by atoms with Gasteiger partial charge in [-0.3, -0.25) is 0 Å². The van der Waals surface area contributed by atoms with E-state index in [0.717, 1.165) is 18.2 Å². The molecule has 2 aromatic rings. The summed E-state index contributed by atoms with van der Waals surface area (Å²) in [6.07, 6.45) is 0. The molecule has 0 spiro atoms. The number of benzene rings is 2. The van der Waals surface area contributed by atoms with E-state index in [9.17, 15) is 17.6 Å². The highest BCUT2D eigenvalue weighted by Gasteiger charge is 2.17. The molecule has 0 amide bonds. The summed E-state index contributed by atoms with van der Waals surface area (Å²) in [6.45, 7) is 3.01. The highest BCUT2D eigenvalue weighted by atomic mass is 79.9. The molecule has 0 aliphatic carbocycles. The second-order valence-corrected chi connectivity index (χ2v) is 5.59. The summed E-state index contributed by atoms with van der Waals surface area (Å²) < 4.78 is 54.3. The first-order valence-electron chi connectivity index (χ1n) is 6.16. The molecule has 1 N–H and O–H groups in total. The number of rotatable bonds is 3. The topological polar surface area (TPSA) is 12.0 Å². The van der Waals surface area contributed by atoms with Gasteiger partial charge in [0, 0.05) is 16.1 Å². The van der Waals surface area contributed by atoms with E-state index in [4.69, 9.17) is 0 Å². The maximum atomic E-state index is 13.9. The minimum Gasteiger partial charge on any atom is -0.375 e. The van der Waals surface area contributed by atoms with E-state index < -0.39 is 29.3 Å². The molecule has 0 radical (unpaired) electrons. The van der Waals surface area contributed by atoms with Crippen LogP contribution in [-0.4, -0.2) is 0 Å². The monoisotopic (exact) mass is 361 g/mol. The van der Waals surface area contributed by atoms with Crippen molar-refractivity contribution >= 4 is 21.6 Å². The zero-order chi connectivity index (χ0) is 15.7. The number of hydrogen-bond acceptors (Lipinski definition) is 1. The van der Waals surface area contributed by atoms with Crippen LogP contribution in [0.25, 0.3) is 0 Å². The molecule has 0 fully saturated rings. The Bertz CT molecular complexity index is 665. The third kappa shape index (κ3) is 3.37. The molecule has 1 atom stereocenters. The van der Waals surface area contributed by atoms with Crippen LogP contribution in [0.15, 0.2) is 28.7 Å². The number of hydrogen-bond donors (Lipinski definition) is 1. The zero-order valence-electron chi connectivity index (χ0n) is 11.3. The van der Waals surface area contributed by atoms with E-state index in [2.05, 4.69) is 21.2 Å². The summed E-state index contributed by atoms with van der Waals surface area (Å²) in [4.78, 5) is 0. The van der Waals surface area contributed by atoms with E-state index in [1.54, 1.807) is 6.92 Å². The van der Waals surface area contributed by atoms with Gasteiger partial charge < -0.3 is 5.32 Å². The van der Waals surface area contributed by atoms with Crippen molar-refractivity contribution < 1.29 is 17.6 Å². The first-order chi connectivity index (χ1) is 9.79. The van der Waals surface area contributed by atoms with Crippen LogP contribution >= 0.6 is 15.9 Å². The Kier molecular flexibility index (Phi) is 4.56. The molecular formula is C15H12BrF4N. The summed E-state index contributed by atoms with van der Waals surface area (Å²) >= 11 is 3.03. The third-order valence-corrected chi connectivity index (χ3v) is 3.74. The second kappa shape index (κ2) is 6.05. The van der Waals surface area contributed by atoms with E-state index in [1.165, 1.54) is 6.92 Å². The fourth-order valence-electron chi connectivity index (χ4n) is 1.97. The average molecular weight is 362 g/mol. The van der Waals surface area contributed by atoms with Crippen LogP contribution in [0.5, 0.6) is 0 Å². The van der Waals surface area contributed by atoms with E-state index >= 15 is 0 Å². The minimum absolute atomic E-state index is 0.00992. The number of anilines is 1. The third-order valence-electron chi connectivity index (χ3n) is 3.11. The summed E-state index contributed by atoms with van der Waals surface area (Å²) in [6, 6.07) is 3.25. The van der Waals surface area contributed by atoms with E-state index in [1.807, 2.05) is 0 Å². The van der Waals surface area contributed by atoms with Crippen LogP contribution in [0.3, 0.4) is 0 Å². The highest BCUT2D eigenvalue weighted by molar-refractivity contribution is 9.10. The predicted molar refractivity (Wildman–Crippen MR) is 77.2 cm³/mol. The summed E-state index contributed by atoms with van der Waals surface area (Å²) in [5, 5.41) is 2.71. The van der Waals surface area contributed by atoms with Crippen molar-refractivity contribution in [1.82, 2.24) is 0 Å². The molecule has 1 nitrogen and oxygen atoms in total. The molecule has 0 aromatic heterocycles. The van der Waals surface area contributed by atoms with Crippen LogP contribution < -0.4 is 5.32 Å². The molecule has 112 valence electrons. The molecule has 0 saturated carbocycles. The largest absolute Gasteiger partial charge is 0.375 e. The summed E-state index contributed by atoms with van der Waals surface area (Å²) in [7, 11) is 0. The maximum Gasteiger partial charge on any atom is 0.150 e. The fraction of sp³-hybridized carbons (Fsp3) is 0.200. The first-order valence-corrected chi connectivity index (χ1v) is 6.95. The number of aryl methyl sites for hydroxylation is 1. The summed E-state index contributed by atoms with van der Waals surface area (Å²) in [5.74, 6) is -2.68. The first kappa shape index (κ1) is 15.8. The van der Waals surface area contributed by atoms with Gasteiger partial charge in [0.15, 0.2) is 0 Å². The second-order valence-electron chi connectivity index (χ2n) is 4.73. The maximum absolute atomic E-state index is 13.9. The fourth-order valence-corrected chi connectivity index (χ4v) is 2.49. The van der Waals surface area contributed by atoms with Crippen molar-refractivity contribution in [1.29, 1.82) is 0 Å². The molecular weight excluding hydrogens is 350 g/mol. The SMILES string of the molecule is Cc1cc(F)c(C(C)Nc2c(F)cc(F)cc2Br)cc1F. The van der Waals surface area contributed by atoms with Gasteiger partial charge in [0.1, 0.15) is 23.3 Å². The van der Waals surface area contributed by atoms with Crippen molar-refractivity contribution in [2.75, 3.05) is 5.32 Å². The molecule has 0 bridgehead atoms. The molecule has 0 heterocycles. The van der Waals surface area contributed by atoms with E-state index in [-0.39, 0.29) is 21.3 Å². The van der Waals surface area contributed by atoms with Crippen LogP contribution in [-0.2, 0) is 0 Å². The quantitative estimate of drug-likeness (QED) is 0.713. The lowest BCUT2D eigenvalue weighted by molar-refractivity contribution is 0.567. The van der Waals surface area contributed by atoms with E-state index in [0.29, 0.717) is 6.07 Å². The lowest BCUT2D eigenvalue weighted by Crippen LogP contribution is -2.11. The number of halogens is 5. The van der Waals surface area contributed by atoms with Crippen molar-refractivity contribution in [3.8, 4) is 0 Å². The molecule has 0 aliphatic rings. The molecule has 2 rings (SSSR count). The molecule has 0 aliphatic heterocycles. The standard InChI is InChI=1S/C15H12BrF4N/c1-7-3-13(19)10(6-12(7)18)8(2)21-15-11(16)4-9(17)5-14(15)20/h3-6,8,21H,1-2H3. The minimum atomic E-state index is -0.818. The Morgan fingerprint density at radius 1 is 0.952 bits per heavy atom. The highest BCUT2D eigenvalue weighted by Crippen LogP contribution is 2.31. The van der Waals surface area contributed by atoms with Gasteiger partial charge in [0.25, 0.3) is 0 Å². The van der Waals surface area contributed by atoms with Crippen LogP contribution in [0.4, 0.5) is 23.2 Å². The molecule has 1 unspecified atom stereocenters. The molecule has 2 aromatic carbocycles. The van der Waals surface area contributed by atoms with Crippen LogP contribution in [0.1, 0.15) is 24.1 Å². The van der Waals surface area contributed by atoms with Gasteiger partial charge in [-0.25, -0.2) is 17.6 Å². The van der Waals surface area contributed by atoms with Gasteiger partial charge in [-0.2, -0.15) is 0 Å². The molecule has 6 heteroatoms. The van der Waals surface area contributed by atoms with Crippen molar-refractivity contribution in [3.63, 3.8) is 0 Å². The Morgan fingerprint density at radius 3 is 2.24 bits per heavy atom. The lowest BCUT2D eigenvalue weighted by Gasteiger charge is -2.18. The summed E-state index contributed by atoms with van der Waals surface area (Å²) in [5.41, 5.74) is 0.246. The Labute approximate surface area is 128 Å². The van der Waals surface area contributed by atoms with Crippen molar-refractivity contribution in [2.24, 2.45) is 0 Å². The average Bonchev–Trinajstić information content (AvgIpc) is 2.37. The van der Waals surface area contributed by atoms with Gasteiger partial charge in [-0.1, -0.05) is 0 Å². The predicted octanol–water partition coefficient (Wildman–Crippen LogP) is 5.49. The smallest absolute Gasteiger partial charge is 0.150 e. The van der Waals surface area contributed by atoms with Gasteiger partial charge in [0.2, 0.25) is 0 Å². The van der Waals surface area contributed by atoms with Gasteiger partial charge in [-0.05, 0) is 53.5 Å². The van der Waals surface area contributed by atoms with Gasteiger partial charge in [0.05, 0.1) is 11.7 Å². The molecule has 0 saturated heterocycles. The Morgan fingerprint density at radius 2 is 1.62 bits per heavy atom. The number of nitrogens with one attached hydrogen (secondary N) is 1. The normalized spacial score (nSPS) is 12.3.